The van der Waals surface area contributed by atoms with Crippen LogP contribution in [0.2, 0.25) is 0 Å². The minimum Gasteiger partial charge on any atom is -0.465 e. The van der Waals surface area contributed by atoms with E-state index >= 15 is 0 Å². The molecule has 0 saturated carbocycles. The van der Waals surface area contributed by atoms with Crippen LogP contribution in [-0.2, 0) is 4.74 Å². The van der Waals surface area contributed by atoms with Gasteiger partial charge in [0, 0.05) is 6.54 Å². The van der Waals surface area contributed by atoms with Crippen molar-refractivity contribution in [3.8, 4) is 0 Å². The third-order valence-electron chi connectivity index (χ3n) is 3.35. The number of ether oxygens (including phenoxy) is 1. The lowest BCUT2D eigenvalue weighted by Crippen LogP contribution is -2.29. The Morgan fingerprint density at radius 3 is 2.94 bits per heavy atom. The highest BCUT2D eigenvalue weighted by Crippen LogP contribution is 2.27. The smallest absolute Gasteiger partial charge is 0.338 e. The van der Waals surface area contributed by atoms with Crippen LogP contribution in [-0.4, -0.2) is 26.2 Å². The predicted molar refractivity (Wildman–Crippen MR) is 67.4 cm³/mol. The Morgan fingerprint density at radius 2 is 2.29 bits per heavy atom. The van der Waals surface area contributed by atoms with Crippen molar-refractivity contribution in [1.29, 1.82) is 0 Å². The molecule has 1 aliphatic rings. The molecule has 3 nitrogen and oxygen atoms in total. The quantitative estimate of drug-likeness (QED) is 0.796. The Kier molecular flexibility index (Phi) is 3.79. The second kappa shape index (κ2) is 5.32. The molecule has 1 aliphatic heterocycles. The van der Waals surface area contributed by atoms with E-state index in [2.05, 4.69) is 18.3 Å². The number of esters is 1. The number of hydrogen-bond acceptors (Lipinski definition) is 3. The average Bonchev–Trinajstić information content (AvgIpc) is 2.39. The minimum absolute atomic E-state index is 0.231. The Hall–Kier alpha value is -1.35. The first-order valence-electron chi connectivity index (χ1n) is 6.12. The van der Waals surface area contributed by atoms with Crippen LogP contribution in [0.5, 0.6) is 0 Å². The molecule has 0 bridgehead atoms. The van der Waals surface area contributed by atoms with Gasteiger partial charge < -0.3 is 10.1 Å². The first kappa shape index (κ1) is 12.1. The van der Waals surface area contributed by atoms with E-state index in [0.29, 0.717) is 11.5 Å². The van der Waals surface area contributed by atoms with Crippen LogP contribution in [0.1, 0.15) is 40.2 Å². The lowest BCUT2D eigenvalue weighted by Gasteiger charge is -2.25. The van der Waals surface area contributed by atoms with Gasteiger partial charge in [-0.2, -0.15) is 0 Å². The number of methoxy groups -OCH3 is 1. The number of rotatable bonds is 2. The number of carbonyl (C=O) groups is 1. The van der Waals surface area contributed by atoms with E-state index in [1.54, 1.807) is 0 Å². The molecule has 1 N–H and O–H groups in total. The monoisotopic (exact) mass is 233 g/mol. The Bertz CT molecular complexity index is 409. The molecule has 3 heteroatoms. The summed E-state index contributed by atoms with van der Waals surface area (Å²) in [4.78, 5) is 11.7. The SMILES string of the molecule is COC(=O)c1ccc(C)cc1C1CCCNC1. The molecule has 0 aliphatic carbocycles. The van der Waals surface area contributed by atoms with E-state index in [1.165, 1.54) is 19.1 Å². The van der Waals surface area contributed by atoms with E-state index in [0.717, 1.165) is 25.1 Å². The van der Waals surface area contributed by atoms with Gasteiger partial charge in [0.05, 0.1) is 12.7 Å². The lowest BCUT2D eigenvalue weighted by molar-refractivity contribution is 0.0598. The number of hydrogen-bond donors (Lipinski definition) is 1. The normalized spacial score (nSPS) is 20.0. The van der Waals surface area contributed by atoms with Gasteiger partial charge in [0.15, 0.2) is 0 Å². The highest BCUT2D eigenvalue weighted by molar-refractivity contribution is 5.91. The Balaban J connectivity index is 2.35. The fourth-order valence-electron chi connectivity index (χ4n) is 2.43. The first-order chi connectivity index (χ1) is 8.22. The maximum Gasteiger partial charge on any atom is 0.338 e. The minimum atomic E-state index is -0.231. The standard InChI is InChI=1S/C14H19NO2/c1-10-5-6-12(14(16)17-2)13(8-10)11-4-3-7-15-9-11/h5-6,8,11,15H,3-4,7,9H2,1-2H3. The maximum atomic E-state index is 11.7. The molecule has 0 aromatic heterocycles. The van der Waals surface area contributed by atoms with E-state index in [4.69, 9.17) is 4.74 Å². The highest BCUT2D eigenvalue weighted by Gasteiger charge is 2.21. The molecule has 0 amide bonds. The molecule has 17 heavy (non-hydrogen) atoms. The Morgan fingerprint density at radius 1 is 1.47 bits per heavy atom. The van der Waals surface area contributed by atoms with Crippen LogP contribution in [0.3, 0.4) is 0 Å². The Labute approximate surface area is 102 Å². The number of carbonyl (C=O) groups excluding carboxylic acids is 1. The van der Waals surface area contributed by atoms with Crippen LogP contribution < -0.4 is 5.32 Å². The maximum absolute atomic E-state index is 11.7. The average molecular weight is 233 g/mol. The van der Waals surface area contributed by atoms with Gasteiger partial charge in [0.25, 0.3) is 0 Å². The van der Waals surface area contributed by atoms with Gasteiger partial charge in [-0.1, -0.05) is 17.7 Å². The molecule has 1 saturated heterocycles. The molecule has 0 spiro atoms. The fourth-order valence-corrected chi connectivity index (χ4v) is 2.43. The summed E-state index contributed by atoms with van der Waals surface area (Å²) in [6, 6.07) is 5.96. The number of benzene rings is 1. The van der Waals surface area contributed by atoms with Gasteiger partial charge >= 0.3 is 5.97 Å². The summed E-state index contributed by atoms with van der Waals surface area (Å²) < 4.78 is 4.85. The first-order valence-corrected chi connectivity index (χ1v) is 6.12. The molecule has 1 unspecified atom stereocenters. The molecular formula is C14H19NO2. The van der Waals surface area contributed by atoms with Crippen molar-refractivity contribution >= 4 is 5.97 Å². The number of aryl methyl sites for hydroxylation is 1. The topological polar surface area (TPSA) is 38.3 Å². The van der Waals surface area contributed by atoms with E-state index in [-0.39, 0.29) is 5.97 Å². The van der Waals surface area contributed by atoms with Gasteiger partial charge in [-0.05, 0) is 43.9 Å². The van der Waals surface area contributed by atoms with E-state index < -0.39 is 0 Å². The third-order valence-corrected chi connectivity index (χ3v) is 3.35. The molecule has 1 atom stereocenters. The summed E-state index contributed by atoms with van der Waals surface area (Å²) in [6.07, 6.45) is 2.31. The zero-order valence-electron chi connectivity index (χ0n) is 10.5. The van der Waals surface area contributed by atoms with Gasteiger partial charge in [0.1, 0.15) is 0 Å². The van der Waals surface area contributed by atoms with Gasteiger partial charge in [-0.3, -0.25) is 0 Å². The summed E-state index contributed by atoms with van der Waals surface area (Å²) in [7, 11) is 1.44. The third kappa shape index (κ3) is 2.67. The van der Waals surface area contributed by atoms with Crippen molar-refractivity contribution in [1.82, 2.24) is 5.32 Å². The summed E-state index contributed by atoms with van der Waals surface area (Å²) in [5.74, 6) is 0.198. The van der Waals surface area contributed by atoms with Crippen LogP contribution in [0, 0.1) is 6.92 Å². The zero-order valence-corrected chi connectivity index (χ0v) is 10.5. The van der Waals surface area contributed by atoms with E-state index in [9.17, 15) is 4.79 Å². The van der Waals surface area contributed by atoms with Crippen molar-refractivity contribution in [3.05, 3.63) is 34.9 Å². The lowest BCUT2D eigenvalue weighted by atomic mass is 9.87. The number of nitrogens with one attached hydrogen (secondary N) is 1. The molecule has 0 radical (unpaired) electrons. The largest absolute Gasteiger partial charge is 0.465 e. The van der Waals surface area contributed by atoms with Crippen molar-refractivity contribution in [2.24, 2.45) is 0 Å². The highest BCUT2D eigenvalue weighted by atomic mass is 16.5. The summed E-state index contributed by atoms with van der Waals surface area (Å²) in [5.41, 5.74) is 3.04. The summed E-state index contributed by atoms with van der Waals surface area (Å²) in [6.45, 7) is 4.09. The molecule has 1 heterocycles. The summed E-state index contributed by atoms with van der Waals surface area (Å²) >= 11 is 0. The van der Waals surface area contributed by atoms with Gasteiger partial charge in [0.2, 0.25) is 0 Å². The van der Waals surface area contributed by atoms with Crippen LogP contribution >= 0.6 is 0 Å². The summed E-state index contributed by atoms with van der Waals surface area (Å²) in [5, 5.41) is 3.38. The van der Waals surface area contributed by atoms with Crippen LogP contribution in [0.15, 0.2) is 18.2 Å². The molecular weight excluding hydrogens is 214 g/mol. The molecule has 2 rings (SSSR count). The second-order valence-electron chi connectivity index (χ2n) is 4.63. The van der Waals surface area contributed by atoms with E-state index in [1.807, 2.05) is 12.1 Å². The number of piperidine rings is 1. The predicted octanol–water partition coefficient (Wildman–Crippen LogP) is 2.25. The molecule has 1 fully saturated rings. The van der Waals surface area contributed by atoms with Crippen LogP contribution in [0.4, 0.5) is 0 Å². The van der Waals surface area contributed by atoms with Crippen molar-refractivity contribution < 1.29 is 9.53 Å². The van der Waals surface area contributed by atoms with Gasteiger partial charge in [-0.15, -0.1) is 0 Å². The fraction of sp³-hybridized carbons (Fsp3) is 0.500. The molecule has 92 valence electrons. The van der Waals surface area contributed by atoms with Crippen LogP contribution in [0.25, 0.3) is 0 Å². The van der Waals surface area contributed by atoms with Gasteiger partial charge in [-0.25, -0.2) is 4.79 Å². The van der Waals surface area contributed by atoms with Crippen molar-refractivity contribution in [2.45, 2.75) is 25.7 Å². The van der Waals surface area contributed by atoms with Crippen molar-refractivity contribution in [2.75, 3.05) is 20.2 Å². The molecule has 1 aromatic rings. The second-order valence-corrected chi connectivity index (χ2v) is 4.63. The molecule has 1 aromatic carbocycles. The van der Waals surface area contributed by atoms with Crippen molar-refractivity contribution in [3.63, 3.8) is 0 Å². The zero-order chi connectivity index (χ0) is 12.3.